The number of imidazole rings is 1. The smallest absolute Gasteiger partial charge is 0.326 e. The van der Waals surface area contributed by atoms with Gasteiger partial charge in [0.1, 0.15) is 18.1 Å². The number of carboxylic acids is 3. The van der Waals surface area contributed by atoms with Gasteiger partial charge in [-0.2, -0.15) is 0 Å². The minimum absolute atomic E-state index is 0.238. The topological polar surface area (TPSA) is 297 Å². The fourth-order valence-electron chi connectivity index (χ4n) is 2.71. The largest absolute Gasteiger partial charge is 0.481 e. The molecule has 0 radical (unpaired) electrons. The molecule has 0 fully saturated rings. The van der Waals surface area contributed by atoms with E-state index in [9.17, 15) is 33.6 Å². The van der Waals surface area contributed by atoms with Gasteiger partial charge in [0.25, 0.3) is 0 Å². The van der Waals surface area contributed by atoms with Gasteiger partial charge >= 0.3 is 17.9 Å². The Morgan fingerprint density at radius 2 is 1.37 bits per heavy atom. The number of aromatic nitrogens is 2. The summed E-state index contributed by atoms with van der Waals surface area (Å²) in [6.07, 6.45) is -0.179. The average molecular weight is 499 g/mol. The van der Waals surface area contributed by atoms with Gasteiger partial charge < -0.3 is 47.7 Å². The molecule has 0 bridgehead atoms. The molecule has 17 heteroatoms. The van der Waals surface area contributed by atoms with Crippen molar-refractivity contribution in [1.29, 1.82) is 0 Å². The molecule has 0 aromatic carbocycles. The van der Waals surface area contributed by atoms with Crippen LogP contribution >= 0.6 is 0 Å². The molecule has 0 aliphatic rings. The van der Waals surface area contributed by atoms with Crippen molar-refractivity contribution < 1.29 is 48.9 Å². The molecule has 0 saturated heterocycles. The highest BCUT2D eigenvalue weighted by molar-refractivity contribution is 5.96. The van der Waals surface area contributed by atoms with Crippen molar-refractivity contribution in [2.45, 2.75) is 49.9 Å². The summed E-state index contributed by atoms with van der Waals surface area (Å²) in [6.45, 7) is 0. The third-order valence-electron chi connectivity index (χ3n) is 4.37. The standard InChI is InChI=1S/C18H25N7O10/c19-8(2-13(27)28)15(31)23-9(1-7-5-21-6-22-7)16(32)24-10(4-14(29)30)17(33)25-11(18(34)35)3-12(20)26/h5-6,8-11H,1-4,19H2,(H2,20,26)(H,21,22)(H,23,31)(H,24,32)(H,25,33)(H,27,28)(H,29,30)(H,34,35). The molecular weight excluding hydrogens is 474 g/mol. The summed E-state index contributed by atoms with van der Waals surface area (Å²) in [4.78, 5) is 88.3. The van der Waals surface area contributed by atoms with Crippen LogP contribution in [0.1, 0.15) is 25.0 Å². The molecule has 4 unspecified atom stereocenters. The number of H-pyrrole nitrogens is 1. The maximum absolute atomic E-state index is 12.9. The number of primary amides is 1. The van der Waals surface area contributed by atoms with Crippen molar-refractivity contribution >= 4 is 41.5 Å². The van der Waals surface area contributed by atoms with Crippen LogP contribution in [0.15, 0.2) is 12.5 Å². The van der Waals surface area contributed by atoms with E-state index >= 15 is 0 Å². The summed E-state index contributed by atoms with van der Waals surface area (Å²) in [5.41, 5.74) is 10.8. The van der Waals surface area contributed by atoms with E-state index in [-0.39, 0.29) is 6.42 Å². The summed E-state index contributed by atoms with van der Waals surface area (Å²) in [7, 11) is 0. The van der Waals surface area contributed by atoms with Gasteiger partial charge in [-0.3, -0.25) is 28.8 Å². The van der Waals surface area contributed by atoms with E-state index < -0.39 is 85.0 Å². The predicted molar refractivity (Wildman–Crippen MR) is 112 cm³/mol. The number of nitrogens with two attached hydrogens (primary N) is 2. The lowest BCUT2D eigenvalue weighted by atomic mass is 10.1. The minimum Gasteiger partial charge on any atom is -0.481 e. The number of amides is 4. The second kappa shape index (κ2) is 13.2. The fourth-order valence-corrected chi connectivity index (χ4v) is 2.71. The molecule has 1 rings (SSSR count). The Balaban J connectivity index is 3.08. The molecule has 1 aromatic heterocycles. The van der Waals surface area contributed by atoms with Crippen LogP contribution in [0.3, 0.4) is 0 Å². The third kappa shape index (κ3) is 10.3. The highest BCUT2D eigenvalue weighted by atomic mass is 16.4. The number of hydrogen-bond acceptors (Lipinski definition) is 9. The van der Waals surface area contributed by atoms with Crippen LogP contribution in [0.4, 0.5) is 0 Å². The number of nitrogens with zero attached hydrogens (tertiary/aromatic N) is 1. The Morgan fingerprint density at radius 1 is 0.829 bits per heavy atom. The van der Waals surface area contributed by atoms with E-state index in [0.717, 1.165) is 0 Å². The molecule has 0 spiro atoms. The number of carboxylic acid groups (broad SMARTS) is 3. The van der Waals surface area contributed by atoms with Crippen LogP contribution in [-0.4, -0.2) is 91.0 Å². The number of hydrogen-bond donors (Lipinski definition) is 9. The summed E-state index contributed by atoms with van der Waals surface area (Å²) in [6, 6.07) is -6.59. The first-order chi connectivity index (χ1) is 16.3. The Labute approximate surface area is 196 Å². The normalized spacial score (nSPS) is 14.0. The van der Waals surface area contributed by atoms with Crippen molar-refractivity contribution in [3.63, 3.8) is 0 Å². The molecule has 1 heterocycles. The van der Waals surface area contributed by atoms with E-state index in [1.165, 1.54) is 12.5 Å². The van der Waals surface area contributed by atoms with Gasteiger partial charge in [-0.1, -0.05) is 0 Å². The predicted octanol–water partition coefficient (Wildman–Crippen LogP) is -4.36. The van der Waals surface area contributed by atoms with Gasteiger partial charge in [0, 0.05) is 18.3 Å². The van der Waals surface area contributed by atoms with Gasteiger partial charge in [0.2, 0.25) is 23.6 Å². The Morgan fingerprint density at radius 3 is 1.86 bits per heavy atom. The zero-order valence-electron chi connectivity index (χ0n) is 18.1. The zero-order chi connectivity index (χ0) is 26.7. The highest BCUT2D eigenvalue weighted by Gasteiger charge is 2.32. The van der Waals surface area contributed by atoms with Gasteiger partial charge in [0.05, 0.1) is 31.6 Å². The quantitative estimate of drug-likeness (QED) is 0.111. The summed E-state index contributed by atoms with van der Waals surface area (Å²) in [5.74, 6) is -8.93. The van der Waals surface area contributed by atoms with Gasteiger partial charge in [0.15, 0.2) is 0 Å². The van der Waals surface area contributed by atoms with E-state index in [0.29, 0.717) is 5.69 Å². The molecule has 11 N–H and O–H groups in total. The van der Waals surface area contributed by atoms with Crippen molar-refractivity contribution in [2.75, 3.05) is 0 Å². The third-order valence-corrected chi connectivity index (χ3v) is 4.37. The molecule has 192 valence electrons. The zero-order valence-corrected chi connectivity index (χ0v) is 18.1. The highest BCUT2D eigenvalue weighted by Crippen LogP contribution is 2.04. The van der Waals surface area contributed by atoms with E-state index in [1.54, 1.807) is 0 Å². The molecule has 0 aliphatic heterocycles. The average Bonchev–Trinajstić information content (AvgIpc) is 3.24. The van der Waals surface area contributed by atoms with Crippen LogP contribution in [0, 0.1) is 0 Å². The molecule has 0 saturated carbocycles. The molecular formula is C18H25N7O10. The lowest BCUT2D eigenvalue weighted by Crippen LogP contribution is -2.58. The number of aliphatic carboxylic acids is 3. The lowest BCUT2D eigenvalue weighted by Gasteiger charge is -2.24. The summed E-state index contributed by atoms with van der Waals surface area (Å²) < 4.78 is 0. The van der Waals surface area contributed by atoms with E-state index in [4.69, 9.17) is 26.8 Å². The molecule has 4 atom stereocenters. The van der Waals surface area contributed by atoms with Crippen LogP contribution in [0.25, 0.3) is 0 Å². The van der Waals surface area contributed by atoms with Crippen molar-refractivity contribution in [2.24, 2.45) is 11.5 Å². The Hall–Kier alpha value is -4.54. The van der Waals surface area contributed by atoms with E-state index in [2.05, 4.69) is 20.6 Å². The first kappa shape index (κ1) is 28.5. The second-order valence-corrected chi connectivity index (χ2v) is 7.28. The molecule has 35 heavy (non-hydrogen) atoms. The Bertz CT molecular complexity index is 965. The van der Waals surface area contributed by atoms with Gasteiger partial charge in [-0.05, 0) is 0 Å². The number of carbonyl (C=O) groups is 7. The number of rotatable bonds is 15. The van der Waals surface area contributed by atoms with Crippen LogP contribution in [0.5, 0.6) is 0 Å². The first-order valence-corrected chi connectivity index (χ1v) is 9.88. The minimum atomic E-state index is -1.82. The molecule has 17 nitrogen and oxygen atoms in total. The van der Waals surface area contributed by atoms with E-state index in [1.807, 2.05) is 5.32 Å². The second-order valence-electron chi connectivity index (χ2n) is 7.28. The maximum Gasteiger partial charge on any atom is 0.326 e. The number of nitrogens with one attached hydrogen (secondary N) is 4. The van der Waals surface area contributed by atoms with Crippen molar-refractivity contribution in [1.82, 2.24) is 25.9 Å². The summed E-state index contributed by atoms with van der Waals surface area (Å²) >= 11 is 0. The van der Waals surface area contributed by atoms with Crippen molar-refractivity contribution in [3.05, 3.63) is 18.2 Å². The van der Waals surface area contributed by atoms with Gasteiger partial charge in [-0.15, -0.1) is 0 Å². The van der Waals surface area contributed by atoms with Crippen LogP contribution < -0.4 is 27.4 Å². The fraction of sp³-hybridized carbons (Fsp3) is 0.444. The SMILES string of the molecule is NC(=O)CC(NC(=O)C(CC(=O)O)NC(=O)C(Cc1cnc[nH]1)NC(=O)C(N)CC(=O)O)C(=O)O. The summed E-state index contributed by atoms with van der Waals surface area (Å²) in [5, 5.41) is 33.3. The molecule has 4 amide bonds. The number of aromatic amines is 1. The van der Waals surface area contributed by atoms with Crippen LogP contribution in [0.2, 0.25) is 0 Å². The lowest BCUT2D eigenvalue weighted by molar-refractivity contribution is -0.144. The first-order valence-electron chi connectivity index (χ1n) is 9.88. The van der Waals surface area contributed by atoms with Gasteiger partial charge in [-0.25, -0.2) is 9.78 Å². The van der Waals surface area contributed by atoms with Crippen LogP contribution in [-0.2, 0) is 40.0 Å². The molecule has 0 aliphatic carbocycles. The maximum atomic E-state index is 12.9. The monoisotopic (exact) mass is 499 g/mol. The molecule has 1 aromatic rings. The Kier molecular flexibility index (Phi) is 10.8. The number of carbonyl (C=O) groups excluding carboxylic acids is 4. The van der Waals surface area contributed by atoms with Crippen molar-refractivity contribution in [3.8, 4) is 0 Å².